The summed E-state index contributed by atoms with van der Waals surface area (Å²) >= 11 is 6.02. The van der Waals surface area contributed by atoms with Gasteiger partial charge in [-0.3, -0.25) is 10.1 Å². The van der Waals surface area contributed by atoms with Gasteiger partial charge >= 0.3 is 27.2 Å². The second-order valence-corrected chi connectivity index (χ2v) is 6.54. The summed E-state index contributed by atoms with van der Waals surface area (Å²) in [4.78, 5) is 13.4. The molecule has 26 heavy (non-hydrogen) atoms. The van der Waals surface area contributed by atoms with Gasteiger partial charge in [-0.05, 0) is 24.3 Å². The SMILES string of the molecule is COc1ccc(-c2ccnc(OS(=O)(=O)C(F)(F)F)c2[N+](=O)[O-])c(Cl)c1. The summed E-state index contributed by atoms with van der Waals surface area (Å²) in [5, 5.41) is 11.3. The Bertz CT molecular complexity index is 965. The Balaban J connectivity index is 2.66. The summed E-state index contributed by atoms with van der Waals surface area (Å²) in [6, 6.07) is 5.11. The number of halogens is 4. The lowest BCUT2D eigenvalue weighted by atomic mass is 10.0. The summed E-state index contributed by atoms with van der Waals surface area (Å²) in [6.45, 7) is 0. The average Bonchev–Trinajstić information content (AvgIpc) is 2.52. The maximum absolute atomic E-state index is 12.5. The molecular formula is C13H8ClF3N2O6S. The van der Waals surface area contributed by atoms with Gasteiger partial charge in [-0.1, -0.05) is 11.6 Å². The first-order valence-corrected chi connectivity index (χ1v) is 8.24. The van der Waals surface area contributed by atoms with Gasteiger partial charge in [-0.25, -0.2) is 4.98 Å². The van der Waals surface area contributed by atoms with E-state index < -0.39 is 32.1 Å². The molecule has 1 heterocycles. The highest BCUT2D eigenvalue weighted by Gasteiger charge is 2.50. The van der Waals surface area contributed by atoms with Gasteiger partial charge in [-0.15, -0.1) is 0 Å². The van der Waals surface area contributed by atoms with Crippen molar-refractivity contribution in [1.29, 1.82) is 0 Å². The van der Waals surface area contributed by atoms with Gasteiger partial charge in [0.05, 0.1) is 22.6 Å². The van der Waals surface area contributed by atoms with Crippen LogP contribution >= 0.6 is 11.6 Å². The van der Waals surface area contributed by atoms with E-state index in [1.165, 1.54) is 25.3 Å². The lowest BCUT2D eigenvalue weighted by Crippen LogP contribution is -2.28. The van der Waals surface area contributed by atoms with Crippen molar-refractivity contribution in [3.05, 3.63) is 45.6 Å². The average molecular weight is 413 g/mol. The van der Waals surface area contributed by atoms with Crippen LogP contribution in [0.25, 0.3) is 11.1 Å². The predicted octanol–water partition coefficient (Wildman–Crippen LogP) is 3.55. The lowest BCUT2D eigenvalue weighted by Gasteiger charge is -2.11. The minimum atomic E-state index is -6.15. The summed E-state index contributed by atoms with van der Waals surface area (Å²) < 4.78 is 68.5. The first kappa shape index (κ1) is 19.7. The summed E-state index contributed by atoms with van der Waals surface area (Å²) in [7, 11) is -4.79. The molecule has 8 nitrogen and oxygen atoms in total. The predicted molar refractivity (Wildman–Crippen MR) is 83.5 cm³/mol. The molecule has 13 heteroatoms. The zero-order valence-electron chi connectivity index (χ0n) is 12.7. The molecule has 0 aliphatic carbocycles. The van der Waals surface area contributed by atoms with Crippen molar-refractivity contribution in [3.8, 4) is 22.8 Å². The maximum Gasteiger partial charge on any atom is 0.534 e. The fourth-order valence-corrected chi connectivity index (χ4v) is 2.58. The van der Waals surface area contributed by atoms with E-state index in [2.05, 4.69) is 9.17 Å². The molecular weight excluding hydrogens is 405 g/mol. The highest BCUT2D eigenvalue weighted by molar-refractivity contribution is 7.88. The number of rotatable bonds is 5. The molecule has 0 bridgehead atoms. The van der Waals surface area contributed by atoms with E-state index in [-0.39, 0.29) is 16.1 Å². The van der Waals surface area contributed by atoms with Crippen LogP contribution in [-0.2, 0) is 10.1 Å². The molecule has 0 radical (unpaired) electrons. The molecule has 140 valence electrons. The van der Waals surface area contributed by atoms with Crippen molar-refractivity contribution in [1.82, 2.24) is 4.98 Å². The van der Waals surface area contributed by atoms with Gasteiger partial charge in [0.1, 0.15) is 5.75 Å². The molecule has 0 N–H and O–H groups in total. The van der Waals surface area contributed by atoms with Crippen LogP contribution in [0.5, 0.6) is 11.6 Å². The highest BCUT2D eigenvalue weighted by atomic mass is 35.5. The minimum absolute atomic E-state index is 0.0247. The van der Waals surface area contributed by atoms with Crippen molar-refractivity contribution in [2.24, 2.45) is 0 Å². The molecule has 1 aromatic carbocycles. The Hall–Kier alpha value is -2.60. The molecule has 0 saturated carbocycles. The molecule has 0 aliphatic heterocycles. The third kappa shape index (κ3) is 3.80. The second-order valence-electron chi connectivity index (χ2n) is 4.60. The van der Waals surface area contributed by atoms with Crippen LogP contribution in [0, 0.1) is 10.1 Å². The van der Waals surface area contributed by atoms with E-state index in [0.29, 0.717) is 5.75 Å². The standard InChI is InChI=1S/C13H8ClF3N2O6S/c1-24-7-2-3-8(10(14)6-7)9-4-5-18-12(11(9)19(20)21)25-26(22,23)13(15,16)17/h2-6H,1H3. The Morgan fingerprint density at radius 3 is 2.38 bits per heavy atom. The van der Waals surface area contributed by atoms with E-state index in [9.17, 15) is 31.7 Å². The van der Waals surface area contributed by atoms with Crippen LogP contribution in [0.3, 0.4) is 0 Å². The van der Waals surface area contributed by atoms with Crippen molar-refractivity contribution >= 4 is 27.4 Å². The number of alkyl halides is 3. The van der Waals surface area contributed by atoms with E-state index in [4.69, 9.17) is 16.3 Å². The fourth-order valence-electron chi connectivity index (χ4n) is 1.88. The highest BCUT2D eigenvalue weighted by Crippen LogP contribution is 2.41. The van der Waals surface area contributed by atoms with E-state index >= 15 is 0 Å². The Labute approximate surface area is 149 Å². The first-order chi connectivity index (χ1) is 12.0. The summed E-state index contributed by atoms with van der Waals surface area (Å²) in [5.74, 6) is -1.01. The normalized spacial score (nSPS) is 11.9. The molecule has 2 aromatic rings. The third-order valence-corrected chi connectivity index (χ3v) is 4.27. The van der Waals surface area contributed by atoms with Crippen molar-refractivity contribution in [3.63, 3.8) is 0 Å². The number of methoxy groups -OCH3 is 1. The number of hydrogen-bond acceptors (Lipinski definition) is 7. The van der Waals surface area contributed by atoms with Gasteiger partial charge in [0.15, 0.2) is 0 Å². The quantitative estimate of drug-likeness (QED) is 0.320. The molecule has 0 fully saturated rings. The van der Waals surface area contributed by atoms with Crippen molar-refractivity contribution in [2.75, 3.05) is 7.11 Å². The van der Waals surface area contributed by atoms with Crippen LogP contribution in [0.2, 0.25) is 5.02 Å². The lowest BCUT2D eigenvalue weighted by molar-refractivity contribution is -0.385. The Morgan fingerprint density at radius 1 is 1.23 bits per heavy atom. The second kappa shape index (κ2) is 6.96. The van der Waals surface area contributed by atoms with Crippen LogP contribution in [0.1, 0.15) is 0 Å². The van der Waals surface area contributed by atoms with Gasteiger partial charge in [0.2, 0.25) is 0 Å². The molecule has 0 amide bonds. The summed E-state index contributed by atoms with van der Waals surface area (Å²) in [6.07, 6.45) is 0.851. The number of aromatic nitrogens is 1. The first-order valence-electron chi connectivity index (χ1n) is 6.46. The number of ether oxygens (including phenoxy) is 1. The minimum Gasteiger partial charge on any atom is -0.497 e. The molecule has 2 rings (SSSR count). The van der Waals surface area contributed by atoms with Crippen LogP contribution in [0.4, 0.5) is 18.9 Å². The molecule has 0 atom stereocenters. The zero-order chi connectivity index (χ0) is 19.7. The fraction of sp³-hybridized carbons (Fsp3) is 0.154. The molecule has 0 unspecified atom stereocenters. The zero-order valence-corrected chi connectivity index (χ0v) is 14.2. The topological polar surface area (TPSA) is 109 Å². The molecule has 0 aliphatic rings. The van der Waals surface area contributed by atoms with Crippen LogP contribution < -0.4 is 8.92 Å². The van der Waals surface area contributed by atoms with E-state index in [0.717, 1.165) is 12.3 Å². The number of nitrogens with zero attached hydrogens (tertiary/aromatic N) is 2. The van der Waals surface area contributed by atoms with E-state index in [1.807, 2.05) is 0 Å². The van der Waals surface area contributed by atoms with Crippen molar-refractivity contribution in [2.45, 2.75) is 5.51 Å². The molecule has 0 saturated heterocycles. The maximum atomic E-state index is 12.5. The number of nitro groups is 1. The molecule has 1 aromatic heterocycles. The molecule has 0 spiro atoms. The third-order valence-electron chi connectivity index (χ3n) is 3.01. The number of pyridine rings is 1. The number of benzene rings is 1. The Kier molecular flexibility index (Phi) is 5.28. The van der Waals surface area contributed by atoms with Crippen LogP contribution in [0.15, 0.2) is 30.5 Å². The van der Waals surface area contributed by atoms with Crippen LogP contribution in [-0.4, -0.2) is 30.9 Å². The largest absolute Gasteiger partial charge is 0.534 e. The number of hydrogen-bond donors (Lipinski definition) is 0. The van der Waals surface area contributed by atoms with Gasteiger partial charge in [-0.2, -0.15) is 21.6 Å². The van der Waals surface area contributed by atoms with Gasteiger partial charge in [0.25, 0.3) is 0 Å². The van der Waals surface area contributed by atoms with Crippen molar-refractivity contribution < 1.29 is 35.4 Å². The Morgan fingerprint density at radius 2 is 1.88 bits per heavy atom. The van der Waals surface area contributed by atoms with Gasteiger partial charge < -0.3 is 8.92 Å². The summed E-state index contributed by atoms with van der Waals surface area (Å²) in [5.41, 5.74) is -7.12. The monoisotopic (exact) mass is 412 g/mol. The van der Waals surface area contributed by atoms with E-state index in [1.54, 1.807) is 0 Å². The smallest absolute Gasteiger partial charge is 0.497 e. The van der Waals surface area contributed by atoms with Gasteiger partial charge in [0, 0.05) is 11.8 Å².